The van der Waals surface area contributed by atoms with Gasteiger partial charge >= 0.3 is 0 Å². The molecular weight excluding hydrogens is 278 g/mol. The number of fused-ring (bicyclic) bond motifs is 2. The summed E-state index contributed by atoms with van der Waals surface area (Å²) in [5.41, 5.74) is 0. The molecule has 5 nitrogen and oxygen atoms in total. The van der Waals surface area contributed by atoms with E-state index in [1.54, 1.807) is 0 Å². The van der Waals surface area contributed by atoms with Crippen LogP contribution >= 0.6 is 0 Å². The Morgan fingerprint density at radius 2 is 2.00 bits per heavy atom. The number of piperidine rings is 1. The predicted molar refractivity (Wildman–Crippen MR) is 88.9 cm³/mol. The number of ether oxygens (including phenoxy) is 1. The number of hydrogen-bond donors (Lipinski definition) is 2. The fraction of sp³-hybridized carbons (Fsp3) is 0.941. The third kappa shape index (κ3) is 5.86. The van der Waals surface area contributed by atoms with E-state index in [0.29, 0.717) is 37.6 Å². The van der Waals surface area contributed by atoms with Crippen LogP contribution in [0.1, 0.15) is 45.4 Å². The molecule has 2 heterocycles. The second kappa shape index (κ2) is 8.85. The zero-order valence-electron chi connectivity index (χ0n) is 14.4. The first kappa shape index (κ1) is 17.7. The number of amides is 1. The van der Waals surface area contributed by atoms with Crippen molar-refractivity contribution in [3.8, 4) is 0 Å². The van der Waals surface area contributed by atoms with Crippen LogP contribution in [0.2, 0.25) is 0 Å². The third-order valence-electron chi connectivity index (χ3n) is 4.87. The van der Waals surface area contributed by atoms with E-state index in [2.05, 4.69) is 29.6 Å². The van der Waals surface area contributed by atoms with Crippen LogP contribution in [0.3, 0.4) is 0 Å². The molecule has 0 spiro atoms. The van der Waals surface area contributed by atoms with Crippen molar-refractivity contribution >= 4 is 5.91 Å². The number of hydrogen-bond acceptors (Lipinski definition) is 4. The summed E-state index contributed by atoms with van der Waals surface area (Å²) < 4.78 is 5.73. The van der Waals surface area contributed by atoms with Crippen LogP contribution in [0.25, 0.3) is 0 Å². The molecule has 2 rings (SSSR count). The fourth-order valence-electron chi connectivity index (χ4n) is 3.79. The molecule has 1 amide bonds. The Labute approximate surface area is 135 Å². The highest BCUT2D eigenvalue weighted by atomic mass is 16.5. The summed E-state index contributed by atoms with van der Waals surface area (Å²) in [6, 6.07) is 1.32. The molecule has 0 radical (unpaired) electrons. The zero-order valence-corrected chi connectivity index (χ0v) is 14.4. The minimum absolute atomic E-state index is 0.126. The number of nitrogens with one attached hydrogen (secondary N) is 2. The summed E-state index contributed by atoms with van der Waals surface area (Å²) in [5, 5.41) is 6.72. The molecule has 0 saturated carbocycles. The Balaban J connectivity index is 1.66. The van der Waals surface area contributed by atoms with Crippen LogP contribution in [-0.4, -0.2) is 62.8 Å². The molecule has 2 N–H and O–H groups in total. The first-order valence-electron chi connectivity index (χ1n) is 8.85. The lowest BCUT2D eigenvalue weighted by Gasteiger charge is -2.28. The van der Waals surface area contributed by atoms with Gasteiger partial charge in [-0.3, -0.25) is 4.79 Å². The molecule has 5 heteroatoms. The number of rotatable bonds is 9. The van der Waals surface area contributed by atoms with Gasteiger partial charge in [-0.25, -0.2) is 0 Å². The Morgan fingerprint density at radius 3 is 2.59 bits per heavy atom. The third-order valence-corrected chi connectivity index (χ3v) is 4.87. The van der Waals surface area contributed by atoms with Crippen molar-refractivity contribution in [1.82, 2.24) is 15.5 Å². The van der Waals surface area contributed by atoms with Crippen molar-refractivity contribution in [1.29, 1.82) is 0 Å². The summed E-state index contributed by atoms with van der Waals surface area (Å²) in [5.74, 6) is 0.756. The molecule has 128 valence electrons. The van der Waals surface area contributed by atoms with Gasteiger partial charge in [-0.2, -0.15) is 0 Å². The van der Waals surface area contributed by atoms with Crippen molar-refractivity contribution in [2.75, 3.05) is 33.8 Å². The van der Waals surface area contributed by atoms with Gasteiger partial charge in [-0.15, -0.1) is 0 Å². The Hall–Kier alpha value is -0.650. The van der Waals surface area contributed by atoms with Crippen LogP contribution in [0.4, 0.5) is 0 Å². The van der Waals surface area contributed by atoms with Crippen molar-refractivity contribution in [2.24, 2.45) is 5.92 Å². The predicted octanol–water partition coefficient (Wildman–Crippen LogP) is 1.38. The van der Waals surface area contributed by atoms with E-state index < -0.39 is 0 Å². The molecule has 2 bridgehead atoms. The smallest absolute Gasteiger partial charge is 0.220 e. The van der Waals surface area contributed by atoms with Gasteiger partial charge in [0.05, 0.1) is 6.10 Å². The quantitative estimate of drug-likeness (QED) is 0.675. The van der Waals surface area contributed by atoms with Crippen LogP contribution < -0.4 is 10.6 Å². The SMILES string of the molecule is CCOC(CCN(C)C)CNC(=O)CC1CC2CCC(C1)N2. The largest absolute Gasteiger partial charge is 0.377 e. The van der Waals surface area contributed by atoms with Crippen LogP contribution in [0.15, 0.2) is 0 Å². The molecule has 0 aromatic heterocycles. The van der Waals surface area contributed by atoms with Crippen LogP contribution in [-0.2, 0) is 9.53 Å². The second-order valence-corrected chi connectivity index (χ2v) is 7.15. The molecule has 2 saturated heterocycles. The van der Waals surface area contributed by atoms with Gasteiger partial charge in [0.25, 0.3) is 0 Å². The Bertz CT molecular complexity index is 337. The van der Waals surface area contributed by atoms with Crippen molar-refractivity contribution < 1.29 is 9.53 Å². The molecule has 0 aromatic carbocycles. The minimum atomic E-state index is 0.126. The van der Waals surface area contributed by atoms with E-state index in [0.717, 1.165) is 13.0 Å². The monoisotopic (exact) mass is 311 g/mol. The molecular formula is C17H33N3O2. The molecule has 3 atom stereocenters. The molecule has 2 aliphatic rings. The summed E-state index contributed by atoms with van der Waals surface area (Å²) in [7, 11) is 4.12. The number of nitrogens with zero attached hydrogens (tertiary/aromatic N) is 1. The van der Waals surface area contributed by atoms with Crippen LogP contribution in [0, 0.1) is 5.92 Å². The minimum Gasteiger partial charge on any atom is -0.377 e. The normalized spacial score (nSPS) is 28.8. The van der Waals surface area contributed by atoms with Gasteiger partial charge in [0, 0.05) is 38.2 Å². The van der Waals surface area contributed by atoms with Crippen molar-refractivity contribution in [3.63, 3.8) is 0 Å². The van der Waals surface area contributed by atoms with Crippen LogP contribution in [0.5, 0.6) is 0 Å². The van der Waals surface area contributed by atoms with Gasteiger partial charge in [0.1, 0.15) is 0 Å². The fourth-order valence-corrected chi connectivity index (χ4v) is 3.79. The highest BCUT2D eigenvalue weighted by Crippen LogP contribution is 2.32. The van der Waals surface area contributed by atoms with Gasteiger partial charge in [0.2, 0.25) is 5.91 Å². The summed E-state index contributed by atoms with van der Waals surface area (Å²) in [4.78, 5) is 14.3. The lowest BCUT2D eigenvalue weighted by molar-refractivity contribution is -0.123. The first-order chi connectivity index (χ1) is 10.6. The van der Waals surface area contributed by atoms with Gasteiger partial charge in [-0.05, 0) is 59.0 Å². The van der Waals surface area contributed by atoms with E-state index in [1.807, 2.05) is 6.92 Å². The molecule has 0 aliphatic carbocycles. The highest BCUT2D eigenvalue weighted by molar-refractivity contribution is 5.76. The van der Waals surface area contributed by atoms with Gasteiger partial charge < -0.3 is 20.3 Å². The maximum Gasteiger partial charge on any atom is 0.220 e. The topological polar surface area (TPSA) is 53.6 Å². The maximum atomic E-state index is 12.2. The number of carbonyl (C=O) groups is 1. The summed E-state index contributed by atoms with van der Waals surface area (Å²) in [6.45, 7) is 4.33. The van der Waals surface area contributed by atoms with Gasteiger partial charge in [0.15, 0.2) is 0 Å². The van der Waals surface area contributed by atoms with E-state index in [-0.39, 0.29) is 12.0 Å². The van der Waals surface area contributed by atoms with E-state index in [9.17, 15) is 4.79 Å². The molecule has 2 fully saturated rings. The van der Waals surface area contributed by atoms with Crippen molar-refractivity contribution in [3.05, 3.63) is 0 Å². The molecule has 22 heavy (non-hydrogen) atoms. The second-order valence-electron chi connectivity index (χ2n) is 7.15. The standard InChI is InChI=1S/C17H33N3O2/c1-4-22-16(7-8-20(2)3)12-18-17(21)11-13-9-14-5-6-15(10-13)19-14/h13-16,19H,4-12H2,1-3H3,(H,18,21). The van der Waals surface area contributed by atoms with E-state index in [1.165, 1.54) is 25.7 Å². The summed E-state index contributed by atoms with van der Waals surface area (Å²) in [6.07, 6.45) is 6.68. The molecule has 3 unspecified atom stereocenters. The number of carbonyl (C=O) groups excluding carboxylic acids is 1. The lowest BCUT2D eigenvalue weighted by Crippen LogP contribution is -2.41. The summed E-state index contributed by atoms with van der Waals surface area (Å²) >= 11 is 0. The molecule has 0 aromatic rings. The zero-order chi connectivity index (χ0) is 15.9. The molecule has 2 aliphatic heterocycles. The Kier molecular flexibility index (Phi) is 7.12. The first-order valence-corrected chi connectivity index (χ1v) is 8.85. The maximum absolute atomic E-state index is 12.2. The Morgan fingerprint density at radius 1 is 1.32 bits per heavy atom. The van der Waals surface area contributed by atoms with E-state index >= 15 is 0 Å². The van der Waals surface area contributed by atoms with Crippen molar-refractivity contribution in [2.45, 2.75) is 63.6 Å². The van der Waals surface area contributed by atoms with E-state index in [4.69, 9.17) is 4.74 Å². The average Bonchev–Trinajstić information content (AvgIpc) is 2.81. The average molecular weight is 311 g/mol. The lowest BCUT2D eigenvalue weighted by atomic mass is 9.89. The van der Waals surface area contributed by atoms with Gasteiger partial charge in [-0.1, -0.05) is 0 Å². The highest BCUT2D eigenvalue weighted by Gasteiger charge is 2.34.